The second kappa shape index (κ2) is 12.6. The van der Waals surface area contributed by atoms with E-state index in [1.165, 1.54) is 64.2 Å². The van der Waals surface area contributed by atoms with E-state index in [2.05, 4.69) is 6.92 Å². The van der Waals surface area contributed by atoms with Gasteiger partial charge in [-0.25, -0.2) is 4.79 Å². The predicted molar refractivity (Wildman–Crippen MR) is 112 cm³/mol. The highest BCUT2D eigenvalue weighted by Crippen LogP contribution is 2.42. The smallest absolute Gasteiger partial charge is 0.330 e. The van der Waals surface area contributed by atoms with Crippen LogP contribution in [0.5, 0.6) is 0 Å². The second-order valence-corrected chi connectivity index (χ2v) is 9.11. The molecule has 2 aliphatic carbocycles. The molecule has 0 heterocycles. The lowest BCUT2D eigenvalue weighted by Crippen LogP contribution is -2.27. The molecule has 0 spiro atoms. The Labute approximate surface area is 167 Å². The minimum absolute atomic E-state index is 0.450. The molecule has 0 radical (unpaired) electrons. The van der Waals surface area contributed by atoms with E-state index in [1.54, 1.807) is 6.92 Å². The largest absolute Gasteiger partial charge is 0.478 e. The zero-order chi connectivity index (χ0) is 19.5. The Morgan fingerprint density at radius 2 is 1.56 bits per heavy atom. The summed E-state index contributed by atoms with van der Waals surface area (Å²) >= 11 is 0. The highest BCUT2D eigenvalue weighted by atomic mass is 16.5. The molecule has 2 aliphatic rings. The average Bonchev–Trinajstić information content (AvgIpc) is 2.68. The van der Waals surface area contributed by atoms with Crippen molar-refractivity contribution in [2.24, 2.45) is 23.7 Å². The first-order chi connectivity index (χ1) is 13.1. The third-order valence-corrected chi connectivity index (χ3v) is 7.03. The van der Waals surface area contributed by atoms with E-state index < -0.39 is 5.97 Å². The minimum Gasteiger partial charge on any atom is -0.478 e. The van der Waals surface area contributed by atoms with E-state index in [1.807, 2.05) is 6.08 Å². The van der Waals surface area contributed by atoms with E-state index >= 15 is 0 Å². The molecule has 27 heavy (non-hydrogen) atoms. The number of carboxylic acids is 1. The van der Waals surface area contributed by atoms with Crippen LogP contribution in [-0.4, -0.2) is 24.3 Å². The van der Waals surface area contributed by atoms with Crippen LogP contribution in [0, 0.1) is 23.7 Å². The molecular weight excluding hydrogens is 336 g/mol. The van der Waals surface area contributed by atoms with Crippen LogP contribution in [0.4, 0.5) is 0 Å². The molecule has 0 aromatic rings. The molecule has 0 unspecified atom stereocenters. The van der Waals surface area contributed by atoms with Gasteiger partial charge in [-0.15, -0.1) is 0 Å². The molecule has 3 nitrogen and oxygen atoms in total. The maximum atomic E-state index is 10.7. The number of carboxylic acid groups (broad SMARTS) is 1. The number of aliphatic carboxylic acids is 1. The summed E-state index contributed by atoms with van der Waals surface area (Å²) in [6.07, 6.45) is 19.0. The van der Waals surface area contributed by atoms with Crippen LogP contribution in [0.1, 0.15) is 97.3 Å². The van der Waals surface area contributed by atoms with Gasteiger partial charge in [0.15, 0.2) is 0 Å². The monoisotopic (exact) mass is 378 g/mol. The van der Waals surface area contributed by atoms with Gasteiger partial charge in [-0.2, -0.15) is 0 Å². The van der Waals surface area contributed by atoms with Crippen LogP contribution < -0.4 is 0 Å². The molecular formula is C24H42O3. The lowest BCUT2D eigenvalue weighted by Gasteiger charge is -2.37. The van der Waals surface area contributed by atoms with Crippen molar-refractivity contribution >= 4 is 5.97 Å². The summed E-state index contributed by atoms with van der Waals surface area (Å²) in [5.74, 6) is 3.00. The van der Waals surface area contributed by atoms with Crippen molar-refractivity contribution in [3.63, 3.8) is 0 Å². The summed E-state index contributed by atoms with van der Waals surface area (Å²) in [5, 5.41) is 8.81. The molecule has 0 aromatic heterocycles. The molecule has 2 saturated carbocycles. The van der Waals surface area contributed by atoms with Gasteiger partial charge in [-0.3, -0.25) is 0 Å². The third-order valence-electron chi connectivity index (χ3n) is 7.03. The molecule has 3 heteroatoms. The van der Waals surface area contributed by atoms with Crippen LogP contribution in [-0.2, 0) is 9.53 Å². The van der Waals surface area contributed by atoms with Crippen molar-refractivity contribution in [1.29, 1.82) is 0 Å². The highest BCUT2D eigenvalue weighted by Gasteiger charge is 2.30. The number of rotatable bonds is 11. The number of unbranched alkanes of at least 4 members (excludes halogenated alkanes) is 2. The SMILES string of the molecule is CCCC1CCC(C2CCC(COCCCCC=C(C)C(=O)O)CC2)CC1. The van der Waals surface area contributed by atoms with Gasteiger partial charge in [-0.1, -0.05) is 38.7 Å². The first-order valence-corrected chi connectivity index (χ1v) is 11.6. The van der Waals surface area contributed by atoms with E-state index in [-0.39, 0.29) is 0 Å². The van der Waals surface area contributed by atoms with Crippen molar-refractivity contribution in [3.8, 4) is 0 Å². The molecule has 0 saturated heterocycles. The summed E-state index contributed by atoms with van der Waals surface area (Å²) in [5.41, 5.74) is 0.450. The molecule has 0 bridgehead atoms. The van der Waals surface area contributed by atoms with Gasteiger partial charge in [0, 0.05) is 18.8 Å². The fraction of sp³-hybridized carbons (Fsp3) is 0.875. The number of allylic oxidation sites excluding steroid dienone is 1. The Hall–Kier alpha value is -0.830. The molecule has 1 N–H and O–H groups in total. The molecule has 156 valence electrons. The van der Waals surface area contributed by atoms with Gasteiger partial charge in [0.25, 0.3) is 0 Å². The minimum atomic E-state index is -0.809. The van der Waals surface area contributed by atoms with Crippen LogP contribution in [0.3, 0.4) is 0 Å². The molecule has 2 fully saturated rings. The number of hydrogen-bond donors (Lipinski definition) is 1. The summed E-state index contributed by atoms with van der Waals surface area (Å²) in [4.78, 5) is 10.7. The summed E-state index contributed by atoms with van der Waals surface area (Å²) < 4.78 is 5.91. The highest BCUT2D eigenvalue weighted by molar-refractivity contribution is 5.85. The Morgan fingerprint density at radius 1 is 0.963 bits per heavy atom. The zero-order valence-corrected chi connectivity index (χ0v) is 17.8. The second-order valence-electron chi connectivity index (χ2n) is 9.11. The van der Waals surface area contributed by atoms with Crippen LogP contribution in [0.15, 0.2) is 11.6 Å². The maximum Gasteiger partial charge on any atom is 0.330 e. The van der Waals surface area contributed by atoms with Gasteiger partial charge in [-0.05, 0) is 88.4 Å². The first-order valence-electron chi connectivity index (χ1n) is 11.6. The normalized spacial score (nSPS) is 29.6. The van der Waals surface area contributed by atoms with Crippen LogP contribution >= 0.6 is 0 Å². The predicted octanol–water partition coefficient (Wildman–Crippen LogP) is 6.62. The zero-order valence-electron chi connectivity index (χ0n) is 17.8. The van der Waals surface area contributed by atoms with Gasteiger partial charge < -0.3 is 9.84 Å². The van der Waals surface area contributed by atoms with Crippen molar-refractivity contribution in [3.05, 3.63) is 11.6 Å². The maximum absolute atomic E-state index is 10.7. The van der Waals surface area contributed by atoms with E-state index in [4.69, 9.17) is 9.84 Å². The Morgan fingerprint density at radius 3 is 2.11 bits per heavy atom. The van der Waals surface area contributed by atoms with E-state index in [9.17, 15) is 4.79 Å². The number of hydrogen-bond acceptors (Lipinski definition) is 2. The third kappa shape index (κ3) is 8.37. The average molecular weight is 379 g/mol. The first kappa shape index (κ1) is 22.5. The van der Waals surface area contributed by atoms with E-state index in [0.29, 0.717) is 5.57 Å². The Kier molecular flexibility index (Phi) is 10.5. The van der Waals surface area contributed by atoms with Crippen LogP contribution in [0.25, 0.3) is 0 Å². The lowest BCUT2D eigenvalue weighted by molar-refractivity contribution is -0.132. The van der Waals surface area contributed by atoms with Crippen molar-refractivity contribution < 1.29 is 14.6 Å². The van der Waals surface area contributed by atoms with Crippen molar-refractivity contribution in [2.75, 3.05) is 13.2 Å². The van der Waals surface area contributed by atoms with Gasteiger partial charge >= 0.3 is 5.97 Å². The van der Waals surface area contributed by atoms with Crippen LogP contribution in [0.2, 0.25) is 0 Å². The quantitative estimate of drug-likeness (QED) is 0.325. The summed E-state index contributed by atoms with van der Waals surface area (Å²) in [6, 6.07) is 0. The van der Waals surface area contributed by atoms with Gasteiger partial charge in [0.2, 0.25) is 0 Å². The summed E-state index contributed by atoms with van der Waals surface area (Å²) in [7, 11) is 0. The fourth-order valence-electron chi connectivity index (χ4n) is 5.19. The van der Waals surface area contributed by atoms with Crippen molar-refractivity contribution in [1.82, 2.24) is 0 Å². The topological polar surface area (TPSA) is 46.5 Å². The molecule has 0 aromatic carbocycles. The fourth-order valence-corrected chi connectivity index (χ4v) is 5.19. The van der Waals surface area contributed by atoms with Gasteiger partial charge in [0.05, 0.1) is 0 Å². The molecule has 0 amide bonds. The molecule has 0 aliphatic heterocycles. The van der Waals surface area contributed by atoms with E-state index in [0.717, 1.165) is 56.1 Å². The number of carbonyl (C=O) groups is 1. The number of ether oxygens (including phenoxy) is 1. The Bertz CT molecular complexity index is 441. The van der Waals surface area contributed by atoms with Crippen molar-refractivity contribution in [2.45, 2.75) is 97.3 Å². The molecule has 2 rings (SSSR count). The van der Waals surface area contributed by atoms with Gasteiger partial charge in [0.1, 0.15) is 0 Å². The molecule has 0 atom stereocenters. The lowest BCUT2D eigenvalue weighted by atomic mass is 9.69. The Balaban J connectivity index is 1.49. The standard InChI is InChI=1S/C24H42O3/c1-3-7-20-9-13-22(14-10-20)23-15-11-21(12-16-23)18-27-17-6-4-5-8-19(2)24(25)26/h8,20-23H,3-7,9-18H2,1-2H3,(H,25,26). The summed E-state index contributed by atoms with van der Waals surface area (Å²) in [6.45, 7) is 5.74.